The quantitative estimate of drug-likeness (QED) is 0.263. The number of fused-ring (bicyclic) bond motifs is 2. The van der Waals surface area contributed by atoms with Crippen molar-refractivity contribution >= 4 is 45.3 Å². The smallest absolute Gasteiger partial charge is 0.300 e. The highest BCUT2D eigenvalue weighted by Gasteiger charge is 2.17. The van der Waals surface area contributed by atoms with E-state index in [0.29, 0.717) is 29.4 Å². The Bertz CT molecular complexity index is 1420. The van der Waals surface area contributed by atoms with Gasteiger partial charge in [0, 0.05) is 17.3 Å². The third-order valence-corrected chi connectivity index (χ3v) is 5.75. The zero-order valence-corrected chi connectivity index (χ0v) is 18.3. The summed E-state index contributed by atoms with van der Waals surface area (Å²) in [5.74, 6) is 1.43. The maximum atomic E-state index is 6.03. The van der Waals surface area contributed by atoms with Crippen molar-refractivity contribution in [3.63, 3.8) is 0 Å². The molecule has 2 aromatic heterocycles. The van der Waals surface area contributed by atoms with Gasteiger partial charge in [0.15, 0.2) is 0 Å². The Kier molecular flexibility index (Phi) is 5.01. The van der Waals surface area contributed by atoms with Crippen LogP contribution < -0.4 is 15.4 Å². The fourth-order valence-corrected chi connectivity index (χ4v) is 3.89. The Morgan fingerprint density at radius 1 is 0.939 bits per heavy atom. The van der Waals surface area contributed by atoms with Crippen LogP contribution in [0, 0.1) is 0 Å². The van der Waals surface area contributed by atoms with E-state index in [2.05, 4.69) is 36.6 Å². The lowest BCUT2D eigenvalue weighted by atomic mass is 10.2. The second kappa shape index (κ2) is 8.31. The molecule has 5 aromatic rings. The number of halogens is 1. The molecule has 0 unspecified atom stereocenters. The van der Waals surface area contributed by atoms with Crippen molar-refractivity contribution in [3.05, 3.63) is 71.2 Å². The first kappa shape index (κ1) is 19.9. The van der Waals surface area contributed by atoms with Gasteiger partial charge in [-0.15, -0.1) is 0 Å². The number of imidazole rings is 2. The molecule has 1 aliphatic rings. The monoisotopic (exact) mass is 460 g/mol. The van der Waals surface area contributed by atoms with E-state index >= 15 is 0 Å². The summed E-state index contributed by atoms with van der Waals surface area (Å²) in [7, 11) is 0. The number of nitrogens with zero attached hydrogens (tertiary/aromatic N) is 2. The van der Waals surface area contributed by atoms with Gasteiger partial charge in [0.2, 0.25) is 5.95 Å². The van der Waals surface area contributed by atoms with E-state index in [1.807, 2.05) is 48.5 Å². The number of aromatic amines is 2. The number of nitrogens with one attached hydrogen (secondary N) is 4. The van der Waals surface area contributed by atoms with Gasteiger partial charge in [-0.3, -0.25) is 0 Å². The standard InChI is InChI=1S/C24H21ClN6O2/c25-15-3-7-20-21(9-15)31-24(30-20)33-18-5-1-14(2-6-18)11-26-23-28-19-8-4-16(10-22(19)29-23)27-17-12-32-13-17/h1-10,17,27H,11-13H2,(H,30,31)(H2,26,28,29). The molecule has 0 radical (unpaired) electrons. The normalized spacial score (nSPS) is 13.8. The van der Waals surface area contributed by atoms with Gasteiger partial charge in [0.05, 0.1) is 41.3 Å². The molecule has 9 heteroatoms. The SMILES string of the molecule is Clc1ccc2nc(Oc3ccc(CNc4nc5ccc(NC6COC6)cc5[nH]4)cc3)[nH]c2c1. The average molecular weight is 461 g/mol. The topological polar surface area (TPSA) is 99.9 Å². The highest BCUT2D eigenvalue weighted by atomic mass is 35.5. The molecule has 0 bridgehead atoms. The summed E-state index contributed by atoms with van der Waals surface area (Å²) in [6, 6.07) is 20.3. The predicted octanol–water partition coefficient (Wildman–Crippen LogP) is 5.31. The minimum Gasteiger partial charge on any atom is -0.426 e. The summed E-state index contributed by atoms with van der Waals surface area (Å²) in [6.07, 6.45) is 0. The van der Waals surface area contributed by atoms with Gasteiger partial charge in [-0.25, -0.2) is 4.98 Å². The molecule has 0 spiro atoms. The number of rotatable bonds is 7. The molecule has 0 amide bonds. The van der Waals surface area contributed by atoms with E-state index in [9.17, 15) is 0 Å². The van der Waals surface area contributed by atoms with Crippen molar-refractivity contribution < 1.29 is 9.47 Å². The maximum Gasteiger partial charge on any atom is 0.300 e. The second-order valence-electron chi connectivity index (χ2n) is 8.00. The fraction of sp³-hybridized carbons (Fsp3) is 0.167. The van der Waals surface area contributed by atoms with E-state index in [1.165, 1.54) is 0 Å². The summed E-state index contributed by atoms with van der Waals surface area (Å²) in [4.78, 5) is 15.5. The van der Waals surface area contributed by atoms with Gasteiger partial charge in [0.25, 0.3) is 6.01 Å². The molecule has 3 heterocycles. The molecule has 8 nitrogen and oxygen atoms in total. The average Bonchev–Trinajstić information content (AvgIpc) is 3.38. The lowest BCUT2D eigenvalue weighted by molar-refractivity contribution is 0.0211. The molecule has 33 heavy (non-hydrogen) atoms. The van der Waals surface area contributed by atoms with Crippen LogP contribution in [-0.4, -0.2) is 39.2 Å². The summed E-state index contributed by atoms with van der Waals surface area (Å²) in [5, 5.41) is 7.45. The van der Waals surface area contributed by atoms with Gasteiger partial charge in [-0.2, -0.15) is 4.98 Å². The van der Waals surface area contributed by atoms with Crippen molar-refractivity contribution in [1.82, 2.24) is 19.9 Å². The first-order chi connectivity index (χ1) is 16.2. The lowest BCUT2D eigenvalue weighted by Crippen LogP contribution is -2.40. The lowest BCUT2D eigenvalue weighted by Gasteiger charge is -2.27. The van der Waals surface area contributed by atoms with E-state index in [-0.39, 0.29) is 0 Å². The van der Waals surface area contributed by atoms with Crippen LogP contribution >= 0.6 is 11.6 Å². The van der Waals surface area contributed by atoms with Gasteiger partial charge in [0.1, 0.15) is 5.75 Å². The Hall–Kier alpha value is -3.75. The van der Waals surface area contributed by atoms with Crippen LogP contribution in [0.3, 0.4) is 0 Å². The molecule has 1 aliphatic heterocycles. The summed E-state index contributed by atoms with van der Waals surface area (Å²) in [5.41, 5.74) is 5.72. The van der Waals surface area contributed by atoms with Crippen LogP contribution in [0.4, 0.5) is 11.6 Å². The number of anilines is 2. The van der Waals surface area contributed by atoms with Crippen LogP contribution in [0.25, 0.3) is 22.1 Å². The van der Waals surface area contributed by atoms with Gasteiger partial charge in [-0.05, 0) is 54.1 Å². The third kappa shape index (κ3) is 4.30. The molecule has 6 rings (SSSR count). The molecule has 1 fully saturated rings. The molecular weight excluding hydrogens is 440 g/mol. The summed E-state index contributed by atoms with van der Waals surface area (Å²) < 4.78 is 11.1. The molecule has 4 N–H and O–H groups in total. The summed E-state index contributed by atoms with van der Waals surface area (Å²) in [6.45, 7) is 2.14. The number of hydrogen-bond acceptors (Lipinski definition) is 6. The third-order valence-electron chi connectivity index (χ3n) is 5.51. The predicted molar refractivity (Wildman–Crippen MR) is 129 cm³/mol. The van der Waals surface area contributed by atoms with Crippen molar-refractivity contribution in [2.24, 2.45) is 0 Å². The highest BCUT2D eigenvalue weighted by molar-refractivity contribution is 6.31. The Labute approximate surface area is 194 Å². The van der Waals surface area contributed by atoms with Crippen molar-refractivity contribution in [2.75, 3.05) is 23.8 Å². The molecule has 0 saturated carbocycles. The fourth-order valence-electron chi connectivity index (χ4n) is 3.72. The molecule has 0 aliphatic carbocycles. The zero-order valence-electron chi connectivity index (χ0n) is 17.6. The zero-order chi connectivity index (χ0) is 22.2. The Morgan fingerprint density at radius 2 is 1.73 bits per heavy atom. The Balaban J connectivity index is 1.09. The van der Waals surface area contributed by atoms with Crippen molar-refractivity contribution in [2.45, 2.75) is 12.6 Å². The van der Waals surface area contributed by atoms with Crippen molar-refractivity contribution in [1.29, 1.82) is 0 Å². The second-order valence-corrected chi connectivity index (χ2v) is 8.44. The van der Waals surface area contributed by atoms with Crippen LogP contribution in [0.15, 0.2) is 60.7 Å². The largest absolute Gasteiger partial charge is 0.426 e. The Morgan fingerprint density at radius 3 is 2.55 bits per heavy atom. The molecular formula is C24H21ClN6O2. The summed E-state index contributed by atoms with van der Waals surface area (Å²) >= 11 is 6.03. The number of benzene rings is 3. The first-order valence-corrected chi connectivity index (χ1v) is 11.1. The number of ether oxygens (including phenoxy) is 2. The molecule has 1 saturated heterocycles. The van der Waals surface area contributed by atoms with Crippen LogP contribution in [0.2, 0.25) is 5.02 Å². The highest BCUT2D eigenvalue weighted by Crippen LogP contribution is 2.25. The van der Waals surface area contributed by atoms with Gasteiger partial charge < -0.3 is 30.1 Å². The maximum absolute atomic E-state index is 6.03. The van der Waals surface area contributed by atoms with Gasteiger partial charge in [-0.1, -0.05) is 23.7 Å². The minimum absolute atomic E-state index is 0.389. The first-order valence-electron chi connectivity index (χ1n) is 10.7. The van der Waals surface area contributed by atoms with Crippen LogP contribution in [-0.2, 0) is 11.3 Å². The van der Waals surface area contributed by atoms with E-state index in [1.54, 1.807) is 6.07 Å². The van der Waals surface area contributed by atoms with E-state index < -0.39 is 0 Å². The number of aromatic nitrogens is 4. The van der Waals surface area contributed by atoms with E-state index in [4.69, 9.17) is 21.1 Å². The number of H-pyrrole nitrogens is 2. The van der Waals surface area contributed by atoms with Crippen molar-refractivity contribution in [3.8, 4) is 11.8 Å². The van der Waals surface area contributed by atoms with Crippen LogP contribution in [0.5, 0.6) is 11.8 Å². The van der Waals surface area contributed by atoms with Gasteiger partial charge >= 0.3 is 0 Å². The number of hydrogen-bond donors (Lipinski definition) is 4. The molecule has 166 valence electrons. The molecule has 0 atom stereocenters. The van der Waals surface area contributed by atoms with E-state index in [0.717, 1.165) is 52.5 Å². The van der Waals surface area contributed by atoms with Crippen LogP contribution in [0.1, 0.15) is 5.56 Å². The molecule has 3 aromatic carbocycles. The minimum atomic E-state index is 0.389.